The van der Waals surface area contributed by atoms with E-state index in [0.717, 1.165) is 0 Å². The van der Waals surface area contributed by atoms with Crippen LogP contribution in [0.4, 0.5) is 0 Å². The van der Waals surface area contributed by atoms with Crippen molar-refractivity contribution in [2.45, 2.75) is 46.1 Å². The molecule has 0 aromatic carbocycles. The predicted molar refractivity (Wildman–Crippen MR) is 67.2 cm³/mol. The van der Waals surface area contributed by atoms with Gasteiger partial charge < -0.3 is 4.90 Å². The summed E-state index contributed by atoms with van der Waals surface area (Å²) in [5.41, 5.74) is 0.875. The first-order chi connectivity index (χ1) is 6.79. The third-order valence-electron chi connectivity index (χ3n) is 3.79. The lowest BCUT2D eigenvalue weighted by molar-refractivity contribution is 0.129. The fourth-order valence-corrected chi connectivity index (χ4v) is 2.71. The lowest BCUT2D eigenvalue weighted by Crippen LogP contribution is -2.43. The van der Waals surface area contributed by atoms with Gasteiger partial charge in [0.2, 0.25) is 0 Å². The van der Waals surface area contributed by atoms with Gasteiger partial charge in [0.1, 0.15) is 0 Å². The Bertz CT molecular complexity index is 205. The summed E-state index contributed by atoms with van der Waals surface area (Å²) in [4.78, 5) is 4.98. The molecule has 0 radical (unpaired) electrons. The van der Waals surface area contributed by atoms with Crippen molar-refractivity contribution in [3.8, 4) is 0 Å². The van der Waals surface area contributed by atoms with Crippen molar-refractivity contribution < 1.29 is 0 Å². The summed E-state index contributed by atoms with van der Waals surface area (Å²) in [5, 5.41) is 0. The molecule has 0 aliphatic carbocycles. The van der Waals surface area contributed by atoms with Crippen LogP contribution in [0.2, 0.25) is 0 Å². The van der Waals surface area contributed by atoms with Crippen molar-refractivity contribution in [2.24, 2.45) is 5.41 Å². The van der Waals surface area contributed by atoms with Gasteiger partial charge in [-0.05, 0) is 59.7 Å². The highest BCUT2D eigenvalue weighted by atomic mass is 15.2. The molecule has 15 heavy (non-hydrogen) atoms. The molecule has 1 unspecified atom stereocenters. The summed E-state index contributed by atoms with van der Waals surface area (Å²) >= 11 is 0. The summed E-state index contributed by atoms with van der Waals surface area (Å²) < 4.78 is 0. The molecule has 1 saturated heterocycles. The minimum Gasteiger partial charge on any atom is -0.309 e. The second kappa shape index (κ2) is 4.42. The number of nitrogens with zero attached hydrogens (tertiary/aromatic N) is 2. The first kappa shape index (κ1) is 13.0. The van der Waals surface area contributed by atoms with Gasteiger partial charge in [-0.3, -0.25) is 4.90 Å². The SMILES string of the molecule is CCC1(CN(C)C)CCN(C(C)(C)C)C1. The Morgan fingerprint density at radius 2 is 1.87 bits per heavy atom. The summed E-state index contributed by atoms with van der Waals surface area (Å²) in [6, 6.07) is 0. The van der Waals surface area contributed by atoms with Crippen molar-refractivity contribution in [3.05, 3.63) is 0 Å². The van der Waals surface area contributed by atoms with Gasteiger partial charge in [0.05, 0.1) is 0 Å². The number of rotatable bonds is 3. The van der Waals surface area contributed by atoms with Gasteiger partial charge in [-0.1, -0.05) is 6.92 Å². The standard InChI is InChI=1S/C13H28N2/c1-7-13(10-14(5)6)8-9-15(11-13)12(2,3)4/h7-11H2,1-6H3. The number of hydrogen-bond donors (Lipinski definition) is 0. The van der Waals surface area contributed by atoms with Crippen molar-refractivity contribution in [1.82, 2.24) is 9.80 Å². The number of likely N-dealkylation sites (tertiary alicyclic amines) is 1. The van der Waals surface area contributed by atoms with Crippen LogP contribution in [0.5, 0.6) is 0 Å². The topological polar surface area (TPSA) is 6.48 Å². The molecule has 0 bridgehead atoms. The zero-order chi connectivity index (χ0) is 11.7. The van der Waals surface area contributed by atoms with E-state index in [1.165, 1.54) is 32.5 Å². The predicted octanol–water partition coefficient (Wildman–Crippen LogP) is 2.45. The van der Waals surface area contributed by atoms with Crippen LogP contribution in [0.25, 0.3) is 0 Å². The van der Waals surface area contributed by atoms with E-state index in [1.807, 2.05) is 0 Å². The molecule has 0 spiro atoms. The van der Waals surface area contributed by atoms with E-state index in [9.17, 15) is 0 Å². The van der Waals surface area contributed by atoms with Gasteiger partial charge in [0.25, 0.3) is 0 Å². The fraction of sp³-hybridized carbons (Fsp3) is 1.00. The molecule has 1 heterocycles. The Morgan fingerprint density at radius 1 is 1.27 bits per heavy atom. The summed E-state index contributed by atoms with van der Waals surface area (Å²) in [5.74, 6) is 0. The van der Waals surface area contributed by atoms with Gasteiger partial charge in [0, 0.05) is 18.6 Å². The normalized spacial score (nSPS) is 29.0. The van der Waals surface area contributed by atoms with E-state index >= 15 is 0 Å². The molecule has 1 fully saturated rings. The summed E-state index contributed by atoms with van der Waals surface area (Å²) in [7, 11) is 4.38. The van der Waals surface area contributed by atoms with E-state index in [0.29, 0.717) is 11.0 Å². The molecule has 0 saturated carbocycles. The smallest absolute Gasteiger partial charge is 0.0125 e. The van der Waals surface area contributed by atoms with Crippen LogP contribution in [0.15, 0.2) is 0 Å². The monoisotopic (exact) mass is 212 g/mol. The van der Waals surface area contributed by atoms with E-state index < -0.39 is 0 Å². The molecule has 1 aliphatic rings. The lowest BCUT2D eigenvalue weighted by atomic mass is 9.83. The molecule has 1 aliphatic heterocycles. The Hall–Kier alpha value is -0.0800. The van der Waals surface area contributed by atoms with Gasteiger partial charge in [-0.15, -0.1) is 0 Å². The van der Waals surface area contributed by atoms with Crippen molar-refractivity contribution in [3.63, 3.8) is 0 Å². The van der Waals surface area contributed by atoms with E-state index in [4.69, 9.17) is 0 Å². The molecule has 0 amide bonds. The second-order valence-electron chi connectivity index (χ2n) is 6.43. The Labute approximate surface area is 95.6 Å². The van der Waals surface area contributed by atoms with E-state index in [1.54, 1.807) is 0 Å². The second-order valence-corrected chi connectivity index (χ2v) is 6.43. The highest BCUT2D eigenvalue weighted by molar-refractivity contribution is 4.94. The van der Waals surface area contributed by atoms with Crippen molar-refractivity contribution >= 4 is 0 Å². The maximum atomic E-state index is 2.64. The third kappa shape index (κ3) is 3.18. The molecule has 2 nitrogen and oxygen atoms in total. The van der Waals surface area contributed by atoms with Gasteiger partial charge in [0.15, 0.2) is 0 Å². The van der Waals surface area contributed by atoms with Crippen LogP contribution in [0.3, 0.4) is 0 Å². The van der Waals surface area contributed by atoms with E-state index in [-0.39, 0.29) is 0 Å². The van der Waals surface area contributed by atoms with Gasteiger partial charge >= 0.3 is 0 Å². The van der Waals surface area contributed by atoms with Crippen LogP contribution in [0, 0.1) is 5.41 Å². The van der Waals surface area contributed by atoms with Crippen molar-refractivity contribution in [2.75, 3.05) is 33.7 Å². The Balaban J connectivity index is 2.65. The zero-order valence-electron chi connectivity index (χ0n) is 11.4. The van der Waals surface area contributed by atoms with Crippen LogP contribution in [-0.4, -0.2) is 49.1 Å². The Morgan fingerprint density at radius 3 is 2.20 bits per heavy atom. The lowest BCUT2D eigenvalue weighted by Gasteiger charge is -2.36. The van der Waals surface area contributed by atoms with Crippen molar-refractivity contribution in [1.29, 1.82) is 0 Å². The number of hydrogen-bond acceptors (Lipinski definition) is 2. The quantitative estimate of drug-likeness (QED) is 0.709. The molecular formula is C13H28N2. The highest BCUT2D eigenvalue weighted by Gasteiger charge is 2.40. The molecule has 0 aromatic rings. The van der Waals surface area contributed by atoms with Crippen LogP contribution in [0.1, 0.15) is 40.5 Å². The van der Waals surface area contributed by atoms with E-state index in [2.05, 4.69) is 51.6 Å². The first-order valence-corrected chi connectivity index (χ1v) is 6.19. The van der Waals surface area contributed by atoms with Crippen LogP contribution < -0.4 is 0 Å². The largest absolute Gasteiger partial charge is 0.309 e. The maximum absolute atomic E-state index is 2.64. The minimum atomic E-state index is 0.337. The minimum absolute atomic E-state index is 0.337. The van der Waals surface area contributed by atoms with Gasteiger partial charge in [-0.2, -0.15) is 0 Å². The highest BCUT2D eigenvalue weighted by Crippen LogP contribution is 2.37. The molecule has 2 heteroatoms. The third-order valence-corrected chi connectivity index (χ3v) is 3.79. The fourth-order valence-electron chi connectivity index (χ4n) is 2.71. The summed E-state index contributed by atoms with van der Waals surface area (Å²) in [6.07, 6.45) is 2.66. The molecular weight excluding hydrogens is 184 g/mol. The maximum Gasteiger partial charge on any atom is 0.0125 e. The van der Waals surface area contributed by atoms with Crippen LogP contribution in [-0.2, 0) is 0 Å². The zero-order valence-corrected chi connectivity index (χ0v) is 11.4. The molecule has 0 aromatic heterocycles. The van der Waals surface area contributed by atoms with Gasteiger partial charge in [-0.25, -0.2) is 0 Å². The summed E-state index contributed by atoms with van der Waals surface area (Å²) in [6.45, 7) is 13.1. The molecule has 0 N–H and O–H groups in total. The Kier molecular flexibility index (Phi) is 3.83. The van der Waals surface area contributed by atoms with Crippen LogP contribution >= 0.6 is 0 Å². The molecule has 1 rings (SSSR count). The average Bonchev–Trinajstić information content (AvgIpc) is 2.47. The first-order valence-electron chi connectivity index (χ1n) is 6.19. The average molecular weight is 212 g/mol. The molecule has 1 atom stereocenters. The molecule has 90 valence electrons.